The minimum atomic E-state index is -3.56. The van der Waals surface area contributed by atoms with Crippen LogP contribution in [0.25, 0.3) is 6.08 Å². The van der Waals surface area contributed by atoms with E-state index in [1.165, 1.54) is 6.08 Å². The number of halogens is 1. The first-order chi connectivity index (χ1) is 9.85. The van der Waals surface area contributed by atoms with Gasteiger partial charge >= 0.3 is 0 Å². The molecule has 1 N–H and O–H groups in total. The Kier molecular flexibility index (Phi) is 4.82. The molecule has 2 rings (SSSR count). The summed E-state index contributed by atoms with van der Waals surface area (Å²) in [5.41, 5.74) is 1.49. The summed E-state index contributed by atoms with van der Waals surface area (Å²) in [6.07, 6.45) is 1.49. The van der Waals surface area contributed by atoms with E-state index in [2.05, 4.69) is 9.71 Å². The Morgan fingerprint density at radius 2 is 1.95 bits per heavy atom. The van der Waals surface area contributed by atoms with Gasteiger partial charge in [-0.3, -0.25) is 0 Å². The Balaban J connectivity index is 2.00. The molecule has 0 radical (unpaired) electrons. The first-order valence-corrected chi connectivity index (χ1v) is 8.14. The molecule has 1 aromatic carbocycles. The normalized spacial score (nSPS) is 12.1. The van der Waals surface area contributed by atoms with Crippen LogP contribution in [0.4, 0.5) is 0 Å². The predicted molar refractivity (Wildman–Crippen MR) is 82.2 cm³/mol. The van der Waals surface area contributed by atoms with Crippen LogP contribution in [-0.2, 0) is 16.6 Å². The Morgan fingerprint density at radius 3 is 2.52 bits per heavy atom. The molecule has 0 aliphatic heterocycles. The molecular weight excluding hydrogens is 312 g/mol. The zero-order valence-electron chi connectivity index (χ0n) is 11.6. The fourth-order valence-electron chi connectivity index (χ4n) is 1.57. The topological polar surface area (TPSA) is 72.2 Å². The van der Waals surface area contributed by atoms with E-state index in [0.717, 1.165) is 16.7 Å². The third-order valence-electron chi connectivity index (χ3n) is 2.81. The third kappa shape index (κ3) is 4.70. The molecule has 0 spiro atoms. The van der Waals surface area contributed by atoms with Gasteiger partial charge in [-0.15, -0.1) is 0 Å². The summed E-state index contributed by atoms with van der Waals surface area (Å²) in [5.74, 6) is 1.02. The van der Waals surface area contributed by atoms with Gasteiger partial charge in [-0.25, -0.2) is 18.1 Å². The van der Waals surface area contributed by atoms with Crippen molar-refractivity contribution in [2.75, 3.05) is 0 Å². The van der Waals surface area contributed by atoms with Crippen LogP contribution in [0.3, 0.4) is 0 Å². The molecule has 0 saturated heterocycles. The lowest BCUT2D eigenvalue weighted by Gasteiger charge is -1.99. The molecule has 0 saturated carbocycles. The zero-order valence-corrected chi connectivity index (χ0v) is 13.2. The Bertz CT molecular complexity index is 730. The van der Waals surface area contributed by atoms with E-state index in [9.17, 15) is 8.42 Å². The van der Waals surface area contributed by atoms with Gasteiger partial charge in [0.2, 0.25) is 15.9 Å². The van der Waals surface area contributed by atoms with Gasteiger partial charge in [-0.05, 0) is 37.6 Å². The van der Waals surface area contributed by atoms with Crippen molar-refractivity contribution in [2.24, 2.45) is 0 Å². The molecule has 1 heterocycles. The number of sulfonamides is 1. The Hall–Kier alpha value is -1.63. The van der Waals surface area contributed by atoms with Crippen LogP contribution in [0.2, 0.25) is 5.02 Å². The maximum atomic E-state index is 11.8. The SMILES string of the molecule is Cc1nc(CNS(=O)(=O)C=Cc2ccc(Cl)cc2)oc1C. The van der Waals surface area contributed by atoms with Crippen LogP contribution in [0.5, 0.6) is 0 Å². The highest BCUT2D eigenvalue weighted by Gasteiger charge is 2.10. The van der Waals surface area contributed by atoms with E-state index in [4.69, 9.17) is 16.0 Å². The summed E-state index contributed by atoms with van der Waals surface area (Å²) in [7, 11) is -3.56. The number of oxazole rings is 1. The number of nitrogens with one attached hydrogen (secondary N) is 1. The molecule has 0 unspecified atom stereocenters. The minimum absolute atomic E-state index is 0.0158. The number of hydrogen-bond acceptors (Lipinski definition) is 4. The largest absolute Gasteiger partial charge is 0.444 e. The number of aryl methyl sites for hydroxylation is 2. The molecule has 0 fully saturated rings. The van der Waals surface area contributed by atoms with E-state index in [-0.39, 0.29) is 6.54 Å². The molecule has 0 bridgehead atoms. The molecule has 0 aliphatic rings. The average molecular weight is 327 g/mol. The van der Waals surface area contributed by atoms with Gasteiger partial charge in [0.15, 0.2) is 0 Å². The van der Waals surface area contributed by atoms with Crippen molar-refractivity contribution in [1.29, 1.82) is 0 Å². The predicted octanol–water partition coefficient (Wildman–Crippen LogP) is 3.04. The molecule has 0 amide bonds. The minimum Gasteiger partial charge on any atom is -0.444 e. The highest BCUT2D eigenvalue weighted by molar-refractivity contribution is 7.92. The van der Waals surface area contributed by atoms with Gasteiger partial charge in [0.1, 0.15) is 5.76 Å². The van der Waals surface area contributed by atoms with E-state index in [1.54, 1.807) is 38.1 Å². The quantitative estimate of drug-likeness (QED) is 0.916. The maximum absolute atomic E-state index is 11.8. The lowest BCUT2D eigenvalue weighted by molar-refractivity contribution is 0.463. The number of aromatic nitrogens is 1. The van der Waals surface area contributed by atoms with Crippen LogP contribution >= 0.6 is 11.6 Å². The van der Waals surface area contributed by atoms with E-state index in [1.807, 2.05) is 0 Å². The van der Waals surface area contributed by atoms with E-state index in [0.29, 0.717) is 16.7 Å². The summed E-state index contributed by atoms with van der Waals surface area (Å²) in [6, 6.07) is 6.85. The Morgan fingerprint density at radius 1 is 1.29 bits per heavy atom. The van der Waals surface area contributed by atoms with Crippen molar-refractivity contribution < 1.29 is 12.8 Å². The highest BCUT2D eigenvalue weighted by atomic mass is 35.5. The maximum Gasteiger partial charge on any atom is 0.234 e. The third-order valence-corrected chi connectivity index (χ3v) is 4.10. The highest BCUT2D eigenvalue weighted by Crippen LogP contribution is 2.11. The fourth-order valence-corrected chi connectivity index (χ4v) is 2.45. The van der Waals surface area contributed by atoms with Crippen LogP contribution in [-0.4, -0.2) is 13.4 Å². The second-order valence-corrected chi connectivity index (χ2v) is 6.56. The summed E-state index contributed by atoms with van der Waals surface area (Å²) in [4.78, 5) is 4.11. The van der Waals surface area contributed by atoms with Crippen LogP contribution < -0.4 is 4.72 Å². The molecule has 112 valence electrons. The van der Waals surface area contributed by atoms with E-state index >= 15 is 0 Å². The van der Waals surface area contributed by atoms with Gasteiger partial charge in [0.25, 0.3) is 0 Å². The summed E-state index contributed by atoms with van der Waals surface area (Å²) in [6.45, 7) is 3.60. The smallest absolute Gasteiger partial charge is 0.234 e. The van der Waals surface area contributed by atoms with Gasteiger partial charge in [0, 0.05) is 10.4 Å². The molecule has 7 heteroatoms. The number of hydrogen-bond donors (Lipinski definition) is 1. The molecule has 0 aliphatic carbocycles. The van der Waals surface area contributed by atoms with Crippen molar-refractivity contribution in [1.82, 2.24) is 9.71 Å². The van der Waals surface area contributed by atoms with Gasteiger partial charge in [-0.1, -0.05) is 23.7 Å². The first kappa shape index (κ1) is 15.8. The standard InChI is InChI=1S/C14H15ClN2O3S/c1-10-11(2)20-14(17-10)9-16-21(18,19)8-7-12-3-5-13(15)6-4-12/h3-8,16H,9H2,1-2H3. The van der Waals surface area contributed by atoms with Gasteiger partial charge in [0.05, 0.1) is 12.2 Å². The van der Waals surface area contributed by atoms with Gasteiger partial charge in [-0.2, -0.15) is 0 Å². The van der Waals surface area contributed by atoms with Crippen LogP contribution in [0.1, 0.15) is 22.9 Å². The van der Waals surface area contributed by atoms with Crippen LogP contribution in [0.15, 0.2) is 34.1 Å². The monoisotopic (exact) mass is 326 g/mol. The molecule has 21 heavy (non-hydrogen) atoms. The van der Waals surface area contributed by atoms with E-state index < -0.39 is 10.0 Å². The zero-order chi connectivity index (χ0) is 15.5. The van der Waals surface area contributed by atoms with Crippen molar-refractivity contribution >= 4 is 27.7 Å². The van der Waals surface area contributed by atoms with Crippen molar-refractivity contribution in [2.45, 2.75) is 20.4 Å². The number of nitrogens with zero attached hydrogens (tertiary/aromatic N) is 1. The molecule has 5 nitrogen and oxygen atoms in total. The summed E-state index contributed by atoms with van der Waals surface area (Å²) >= 11 is 5.76. The molecular formula is C14H15ClN2O3S. The molecule has 0 atom stereocenters. The molecule has 2 aromatic rings. The second kappa shape index (κ2) is 6.43. The summed E-state index contributed by atoms with van der Waals surface area (Å²) < 4.78 is 31.4. The van der Waals surface area contributed by atoms with Gasteiger partial charge < -0.3 is 4.42 Å². The number of benzene rings is 1. The van der Waals surface area contributed by atoms with Crippen LogP contribution in [0, 0.1) is 13.8 Å². The Labute approximate surface area is 128 Å². The first-order valence-electron chi connectivity index (χ1n) is 6.22. The van der Waals surface area contributed by atoms with Crippen molar-refractivity contribution in [3.05, 3.63) is 57.6 Å². The second-order valence-electron chi connectivity index (χ2n) is 4.47. The lowest BCUT2D eigenvalue weighted by Crippen LogP contribution is -2.20. The fraction of sp³-hybridized carbons (Fsp3) is 0.214. The number of rotatable bonds is 5. The molecule has 1 aromatic heterocycles. The van der Waals surface area contributed by atoms with Crippen molar-refractivity contribution in [3.63, 3.8) is 0 Å². The average Bonchev–Trinajstić information content (AvgIpc) is 2.75. The lowest BCUT2D eigenvalue weighted by atomic mass is 10.2. The van der Waals surface area contributed by atoms with Crippen molar-refractivity contribution in [3.8, 4) is 0 Å². The summed E-state index contributed by atoms with van der Waals surface area (Å²) in [5, 5.41) is 1.70.